The van der Waals surface area contributed by atoms with E-state index in [1.807, 2.05) is 19.9 Å². The van der Waals surface area contributed by atoms with Crippen LogP contribution < -0.4 is 4.72 Å². The molecule has 0 aromatic carbocycles. The second-order valence-electron chi connectivity index (χ2n) is 3.39. The number of aryl methyl sites for hydroxylation is 2. The van der Waals surface area contributed by atoms with Gasteiger partial charge in [0.05, 0.1) is 0 Å². The zero-order chi connectivity index (χ0) is 11.8. The number of thiophene rings is 2. The summed E-state index contributed by atoms with van der Waals surface area (Å²) >= 11 is 2.67. The molecule has 3 nitrogen and oxygen atoms in total. The molecule has 86 valence electrons. The van der Waals surface area contributed by atoms with Crippen molar-refractivity contribution in [1.29, 1.82) is 0 Å². The molecule has 0 bridgehead atoms. The highest BCUT2D eigenvalue weighted by Gasteiger charge is 2.16. The van der Waals surface area contributed by atoms with Crippen LogP contribution in [0, 0.1) is 13.8 Å². The van der Waals surface area contributed by atoms with Gasteiger partial charge in [0.2, 0.25) is 0 Å². The third kappa shape index (κ3) is 2.28. The highest BCUT2D eigenvalue weighted by Crippen LogP contribution is 2.28. The Kier molecular flexibility index (Phi) is 3.05. The molecule has 0 saturated heterocycles. The van der Waals surface area contributed by atoms with E-state index >= 15 is 0 Å². The normalized spacial score (nSPS) is 11.6. The Balaban J connectivity index is 2.28. The summed E-state index contributed by atoms with van der Waals surface area (Å²) in [7, 11) is -3.39. The summed E-state index contributed by atoms with van der Waals surface area (Å²) < 4.78 is 26.7. The van der Waals surface area contributed by atoms with Crippen LogP contribution in [-0.4, -0.2) is 8.42 Å². The van der Waals surface area contributed by atoms with Gasteiger partial charge in [0.25, 0.3) is 10.0 Å². The molecule has 2 aromatic rings. The molecule has 0 fully saturated rings. The largest absolute Gasteiger partial charge is 0.272 e. The molecule has 0 aliphatic carbocycles. The van der Waals surface area contributed by atoms with Crippen LogP contribution in [0.15, 0.2) is 27.8 Å². The second-order valence-corrected chi connectivity index (χ2v) is 7.50. The summed E-state index contributed by atoms with van der Waals surface area (Å²) in [5, 5.41) is 2.42. The van der Waals surface area contributed by atoms with Crippen molar-refractivity contribution in [2.45, 2.75) is 18.1 Å². The van der Waals surface area contributed by atoms with Gasteiger partial charge in [0.15, 0.2) is 0 Å². The molecule has 0 amide bonds. The van der Waals surface area contributed by atoms with Crippen LogP contribution in [0.25, 0.3) is 0 Å². The van der Waals surface area contributed by atoms with Crippen LogP contribution in [0.1, 0.15) is 10.4 Å². The second kappa shape index (κ2) is 4.20. The molecule has 2 heterocycles. The zero-order valence-corrected chi connectivity index (χ0v) is 11.3. The minimum Gasteiger partial charge on any atom is -0.270 e. The Hall–Kier alpha value is -0.850. The van der Waals surface area contributed by atoms with Crippen molar-refractivity contribution in [2.24, 2.45) is 0 Å². The van der Waals surface area contributed by atoms with Crippen molar-refractivity contribution in [1.82, 2.24) is 0 Å². The molecular weight excluding hydrogens is 262 g/mol. The third-order valence-corrected chi connectivity index (χ3v) is 6.12. The molecule has 16 heavy (non-hydrogen) atoms. The van der Waals surface area contributed by atoms with Gasteiger partial charge in [0.1, 0.15) is 9.21 Å². The van der Waals surface area contributed by atoms with Gasteiger partial charge in [-0.15, -0.1) is 22.7 Å². The van der Waals surface area contributed by atoms with Crippen LogP contribution in [0.3, 0.4) is 0 Å². The van der Waals surface area contributed by atoms with Gasteiger partial charge in [-0.2, -0.15) is 0 Å². The first-order valence-electron chi connectivity index (χ1n) is 4.62. The number of hydrogen-bond acceptors (Lipinski definition) is 4. The maximum atomic E-state index is 11.9. The average Bonchev–Trinajstić information content (AvgIpc) is 2.77. The standard InChI is InChI=1S/C10H11NO2S3/c1-7-6-9(15-8(7)2)11-16(12,13)10-4-3-5-14-10/h3-6,11H,1-2H3. The minimum absolute atomic E-state index is 0.344. The third-order valence-electron chi connectivity index (χ3n) is 2.16. The van der Waals surface area contributed by atoms with Crippen LogP contribution in [0.2, 0.25) is 0 Å². The van der Waals surface area contributed by atoms with Crippen molar-refractivity contribution in [3.63, 3.8) is 0 Å². The van der Waals surface area contributed by atoms with Crippen LogP contribution in [0.4, 0.5) is 5.00 Å². The fourth-order valence-corrected chi connectivity index (χ4v) is 4.43. The van der Waals surface area contributed by atoms with Crippen molar-refractivity contribution in [3.8, 4) is 0 Å². The first kappa shape index (κ1) is 11.6. The lowest BCUT2D eigenvalue weighted by Gasteiger charge is -2.02. The van der Waals surface area contributed by atoms with Crippen molar-refractivity contribution >= 4 is 37.7 Å². The van der Waals surface area contributed by atoms with E-state index in [9.17, 15) is 8.42 Å². The molecule has 6 heteroatoms. The Bertz CT molecular complexity index is 562. The number of sulfonamides is 1. The number of nitrogens with one attached hydrogen (secondary N) is 1. The van der Waals surface area contributed by atoms with E-state index in [0.717, 1.165) is 10.4 Å². The number of anilines is 1. The van der Waals surface area contributed by atoms with Crippen molar-refractivity contribution < 1.29 is 8.42 Å². The molecule has 0 atom stereocenters. The molecule has 2 aromatic heterocycles. The Morgan fingerprint density at radius 1 is 1.31 bits per heavy atom. The number of hydrogen-bond donors (Lipinski definition) is 1. The van der Waals surface area contributed by atoms with Crippen molar-refractivity contribution in [3.05, 3.63) is 34.0 Å². The summed E-state index contributed by atoms with van der Waals surface area (Å²) in [6, 6.07) is 5.18. The maximum absolute atomic E-state index is 11.9. The number of rotatable bonds is 3. The minimum atomic E-state index is -3.39. The van der Waals surface area contributed by atoms with Gasteiger partial charge in [0, 0.05) is 4.88 Å². The van der Waals surface area contributed by atoms with Gasteiger partial charge < -0.3 is 0 Å². The van der Waals surface area contributed by atoms with E-state index < -0.39 is 10.0 Å². The highest BCUT2D eigenvalue weighted by atomic mass is 32.2. The smallest absolute Gasteiger partial charge is 0.270 e. The summed E-state index contributed by atoms with van der Waals surface area (Å²) in [5.41, 5.74) is 1.11. The molecule has 0 unspecified atom stereocenters. The topological polar surface area (TPSA) is 46.2 Å². The van der Waals surface area contributed by atoms with E-state index in [1.165, 1.54) is 22.7 Å². The van der Waals surface area contributed by atoms with Crippen LogP contribution in [-0.2, 0) is 10.0 Å². The first-order chi connectivity index (χ1) is 7.49. The van der Waals surface area contributed by atoms with Gasteiger partial charge in [-0.05, 0) is 36.9 Å². The molecule has 2 rings (SSSR count). The molecule has 1 N–H and O–H groups in total. The van der Waals surface area contributed by atoms with Crippen LogP contribution in [0.5, 0.6) is 0 Å². The first-order valence-corrected chi connectivity index (χ1v) is 7.80. The highest BCUT2D eigenvalue weighted by molar-refractivity contribution is 7.94. The molecule has 0 aliphatic rings. The molecule has 0 aliphatic heterocycles. The SMILES string of the molecule is Cc1cc(NS(=O)(=O)c2cccs2)sc1C. The Labute approximate surface area is 103 Å². The maximum Gasteiger partial charge on any atom is 0.272 e. The quantitative estimate of drug-likeness (QED) is 0.933. The van der Waals surface area contributed by atoms with E-state index in [0.29, 0.717) is 9.21 Å². The molecule has 0 radical (unpaired) electrons. The van der Waals surface area contributed by atoms with Gasteiger partial charge >= 0.3 is 0 Å². The predicted molar refractivity (Wildman–Crippen MR) is 68.9 cm³/mol. The lowest BCUT2D eigenvalue weighted by atomic mass is 10.3. The summed E-state index contributed by atoms with van der Waals surface area (Å²) in [4.78, 5) is 1.13. The average molecular weight is 273 g/mol. The Morgan fingerprint density at radius 3 is 2.56 bits per heavy atom. The molecular formula is C10H11NO2S3. The van der Waals surface area contributed by atoms with Gasteiger partial charge in [-0.3, -0.25) is 4.72 Å². The van der Waals surface area contributed by atoms with E-state index in [1.54, 1.807) is 17.5 Å². The fourth-order valence-electron chi connectivity index (χ4n) is 1.22. The Morgan fingerprint density at radius 2 is 2.06 bits per heavy atom. The van der Waals surface area contributed by atoms with Crippen LogP contribution >= 0.6 is 22.7 Å². The lowest BCUT2D eigenvalue weighted by molar-refractivity contribution is 0.603. The fraction of sp³-hybridized carbons (Fsp3) is 0.200. The van der Waals surface area contributed by atoms with E-state index in [-0.39, 0.29) is 0 Å². The van der Waals surface area contributed by atoms with Crippen molar-refractivity contribution in [2.75, 3.05) is 4.72 Å². The monoisotopic (exact) mass is 273 g/mol. The van der Waals surface area contributed by atoms with Gasteiger partial charge in [-0.1, -0.05) is 6.07 Å². The zero-order valence-electron chi connectivity index (χ0n) is 8.85. The molecule has 0 spiro atoms. The predicted octanol–water partition coefficient (Wildman–Crippen LogP) is 3.23. The lowest BCUT2D eigenvalue weighted by Crippen LogP contribution is -2.10. The van der Waals surface area contributed by atoms with Gasteiger partial charge in [-0.25, -0.2) is 8.42 Å². The molecule has 0 saturated carbocycles. The summed E-state index contributed by atoms with van der Waals surface area (Å²) in [6.45, 7) is 3.94. The van der Waals surface area contributed by atoms with E-state index in [4.69, 9.17) is 0 Å². The summed E-state index contributed by atoms with van der Waals surface area (Å²) in [5.74, 6) is 0. The summed E-state index contributed by atoms with van der Waals surface area (Å²) in [6.07, 6.45) is 0. The van der Waals surface area contributed by atoms with E-state index in [2.05, 4.69) is 4.72 Å².